The highest BCUT2D eigenvalue weighted by Gasteiger charge is 2.21. The second kappa shape index (κ2) is 5.87. The number of ether oxygens (including phenoxy) is 1. The molecule has 0 aliphatic rings. The number of esters is 1. The quantitative estimate of drug-likeness (QED) is 0.622. The smallest absolute Gasteiger partial charge is 0.320 e. The van der Waals surface area contributed by atoms with E-state index in [1.165, 1.54) is 12.1 Å². The van der Waals surface area contributed by atoms with Gasteiger partial charge in [-0.2, -0.15) is 4.72 Å². The molecule has 3 N–H and O–H groups in total. The number of hydrogen-bond donors (Lipinski definition) is 2. The van der Waals surface area contributed by atoms with Crippen LogP contribution in [0.15, 0.2) is 21.5 Å². The number of sulfonamides is 1. The van der Waals surface area contributed by atoms with Gasteiger partial charge in [0, 0.05) is 10.7 Å². The fourth-order valence-electron chi connectivity index (χ4n) is 1.08. The molecule has 0 aliphatic carbocycles. The van der Waals surface area contributed by atoms with Crippen LogP contribution in [-0.2, 0) is 19.6 Å². The Kier molecular flexibility index (Phi) is 4.97. The van der Waals surface area contributed by atoms with Crippen molar-refractivity contribution in [1.29, 1.82) is 0 Å². The zero-order valence-electron chi connectivity index (χ0n) is 9.24. The number of hydrogen-bond acceptors (Lipinski definition) is 5. The van der Waals surface area contributed by atoms with Crippen LogP contribution in [0.5, 0.6) is 0 Å². The van der Waals surface area contributed by atoms with Gasteiger partial charge in [0.05, 0.1) is 16.5 Å². The number of nitrogens with two attached hydrogens (primary N) is 1. The van der Waals surface area contributed by atoms with Crippen molar-refractivity contribution in [3.8, 4) is 0 Å². The summed E-state index contributed by atoms with van der Waals surface area (Å²) in [4.78, 5) is 10.8. The highest BCUT2D eigenvalue weighted by Crippen LogP contribution is 2.31. The molecular formula is C9H10BrClN2O4S. The van der Waals surface area contributed by atoms with Crippen molar-refractivity contribution >= 4 is 49.2 Å². The maximum Gasteiger partial charge on any atom is 0.320 e. The van der Waals surface area contributed by atoms with Gasteiger partial charge in [0.25, 0.3) is 0 Å². The Hall–Kier alpha value is -0.830. The first kappa shape index (κ1) is 15.2. The van der Waals surface area contributed by atoms with Gasteiger partial charge < -0.3 is 10.5 Å². The van der Waals surface area contributed by atoms with Gasteiger partial charge in [-0.05, 0) is 28.1 Å². The van der Waals surface area contributed by atoms with Crippen molar-refractivity contribution in [3.05, 3.63) is 21.6 Å². The zero-order valence-corrected chi connectivity index (χ0v) is 12.4. The molecule has 0 bridgehead atoms. The Labute approximate surface area is 118 Å². The van der Waals surface area contributed by atoms with Crippen LogP contribution in [0.4, 0.5) is 5.69 Å². The number of carbonyl (C=O) groups is 1. The standard InChI is InChI=1S/C9H10BrClN2O4S/c1-17-8(14)4-13-18(15,16)7-3-5(11)2-6(12)9(7)10/h2-3,13H,4,12H2,1H3. The predicted octanol–water partition coefficient (Wildman–Crippen LogP) is 1.14. The minimum Gasteiger partial charge on any atom is -0.468 e. The van der Waals surface area contributed by atoms with Crippen molar-refractivity contribution < 1.29 is 17.9 Å². The summed E-state index contributed by atoms with van der Waals surface area (Å²) in [5.41, 5.74) is 5.77. The molecule has 1 rings (SSSR count). The van der Waals surface area contributed by atoms with Crippen LogP contribution >= 0.6 is 27.5 Å². The Morgan fingerprint density at radius 1 is 1.56 bits per heavy atom. The lowest BCUT2D eigenvalue weighted by atomic mass is 10.3. The van der Waals surface area contributed by atoms with Crippen LogP contribution in [0.3, 0.4) is 0 Å². The number of halogens is 2. The Morgan fingerprint density at radius 2 is 2.17 bits per heavy atom. The molecule has 0 atom stereocenters. The second-order valence-corrected chi connectivity index (χ2v) is 6.17. The first-order chi connectivity index (χ1) is 8.27. The fourth-order valence-corrected chi connectivity index (χ4v) is 3.34. The second-order valence-electron chi connectivity index (χ2n) is 3.21. The lowest BCUT2D eigenvalue weighted by Gasteiger charge is -2.09. The number of carbonyl (C=O) groups excluding carboxylic acids is 1. The van der Waals surface area contributed by atoms with E-state index in [9.17, 15) is 13.2 Å². The minimum absolute atomic E-state index is 0.142. The molecule has 100 valence electrons. The van der Waals surface area contributed by atoms with Gasteiger partial charge >= 0.3 is 5.97 Å². The topological polar surface area (TPSA) is 98.5 Å². The van der Waals surface area contributed by atoms with Gasteiger partial charge in [0.1, 0.15) is 6.54 Å². The summed E-state index contributed by atoms with van der Waals surface area (Å²) < 4.78 is 30.4. The number of methoxy groups -OCH3 is 1. The third-order valence-electron chi connectivity index (χ3n) is 1.96. The third-order valence-corrected chi connectivity index (χ3v) is 4.75. The molecule has 0 aliphatic heterocycles. The third kappa shape index (κ3) is 3.58. The number of anilines is 1. The molecule has 0 radical (unpaired) electrons. The number of nitrogens with one attached hydrogen (secondary N) is 1. The zero-order chi connectivity index (χ0) is 13.9. The largest absolute Gasteiger partial charge is 0.468 e. The molecule has 0 fully saturated rings. The van der Waals surface area contributed by atoms with Crippen molar-refractivity contribution in [2.24, 2.45) is 0 Å². The Morgan fingerprint density at radius 3 is 2.72 bits per heavy atom. The summed E-state index contributed by atoms with van der Waals surface area (Å²) >= 11 is 8.79. The van der Waals surface area contributed by atoms with Crippen LogP contribution in [0, 0.1) is 0 Å². The lowest BCUT2D eigenvalue weighted by Crippen LogP contribution is -2.30. The maximum atomic E-state index is 11.9. The highest BCUT2D eigenvalue weighted by molar-refractivity contribution is 9.10. The van der Waals surface area contributed by atoms with Crippen molar-refractivity contribution in [1.82, 2.24) is 4.72 Å². The van der Waals surface area contributed by atoms with E-state index in [2.05, 4.69) is 25.4 Å². The molecule has 1 aromatic carbocycles. The Bertz CT molecular complexity index is 576. The molecule has 0 heterocycles. The number of benzene rings is 1. The molecule has 0 amide bonds. The van der Waals surface area contributed by atoms with Crippen LogP contribution in [0.1, 0.15) is 0 Å². The molecular weight excluding hydrogens is 348 g/mol. The van der Waals surface area contributed by atoms with Crippen LogP contribution in [0.2, 0.25) is 5.02 Å². The van der Waals surface area contributed by atoms with Gasteiger partial charge in [0.2, 0.25) is 10.0 Å². The van der Waals surface area contributed by atoms with Gasteiger partial charge in [-0.1, -0.05) is 11.6 Å². The normalized spacial score (nSPS) is 11.3. The maximum absolute atomic E-state index is 11.9. The highest BCUT2D eigenvalue weighted by atomic mass is 79.9. The van der Waals surface area contributed by atoms with Crippen molar-refractivity contribution in [2.45, 2.75) is 4.90 Å². The lowest BCUT2D eigenvalue weighted by molar-refractivity contribution is -0.139. The van der Waals surface area contributed by atoms with Crippen LogP contribution in [0.25, 0.3) is 0 Å². The van der Waals surface area contributed by atoms with E-state index in [0.29, 0.717) is 0 Å². The van der Waals surface area contributed by atoms with E-state index < -0.39 is 22.5 Å². The fraction of sp³-hybridized carbons (Fsp3) is 0.222. The Balaban J connectivity index is 3.09. The first-order valence-electron chi connectivity index (χ1n) is 4.59. The average Bonchev–Trinajstić information content (AvgIpc) is 2.30. The van der Waals surface area contributed by atoms with Crippen LogP contribution in [-0.4, -0.2) is 28.0 Å². The number of rotatable bonds is 4. The molecule has 18 heavy (non-hydrogen) atoms. The molecule has 9 heteroatoms. The summed E-state index contributed by atoms with van der Waals surface area (Å²) in [5.74, 6) is -0.704. The van der Waals surface area contributed by atoms with Gasteiger partial charge in [-0.25, -0.2) is 8.42 Å². The monoisotopic (exact) mass is 356 g/mol. The van der Waals surface area contributed by atoms with Crippen molar-refractivity contribution in [3.63, 3.8) is 0 Å². The van der Waals surface area contributed by atoms with E-state index in [1.54, 1.807) is 0 Å². The minimum atomic E-state index is -3.90. The molecule has 0 aromatic heterocycles. The van der Waals surface area contributed by atoms with Gasteiger partial charge in [0.15, 0.2) is 0 Å². The summed E-state index contributed by atoms with van der Waals surface area (Å²) in [6.45, 7) is -0.475. The van der Waals surface area contributed by atoms with E-state index in [4.69, 9.17) is 17.3 Å². The summed E-state index contributed by atoms with van der Waals surface area (Å²) in [6.07, 6.45) is 0. The molecule has 6 nitrogen and oxygen atoms in total. The molecule has 1 aromatic rings. The van der Waals surface area contributed by atoms with E-state index >= 15 is 0 Å². The number of nitrogen functional groups attached to an aromatic ring is 1. The van der Waals surface area contributed by atoms with Crippen molar-refractivity contribution in [2.75, 3.05) is 19.4 Å². The molecule has 0 saturated heterocycles. The molecule has 0 spiro atoms. The van der Waals surface area contributed by atoms with E-state index in [1.807, 2.05) is 0 Å². The molecule has 0 unspecified atom stereocenters. The summed E-state index contributed by atoms with van der Waals surface area (Å²) in [6, 6.07) is 2.63. The van der Waals surface area contributed by atoms with E-state index in [0.717, 1.165) is 7.11 Å². The SMILES string of the molecule is COC(=O)CNS(=O)(=O)c1cc(Cl)cc(N)c1Br. The summed E-state index contributed by atoms with van der Waals surface area (Å²) in [7, 11) is -2.75. The van der Waals surface area contributed by atoms with E-state index in [-0.39, 0.29) is 20.1 Å². The predicted molar refractivity (Wildman–Crippen MR) is 70.8 cm³/mol. The molecule has 0 saturated carbocycles. The van der Waals surface area contributed by atoms with Gasteiger partial charge in [-0.3, -0.25) is 4.79 Å². The summed E-state index contributed by atoms with van der Waals surface area (Å²) in [5, 5.41) is 0.175. The first-order valence-corrected chi connectivity index (χ1v) is 7.24. The van der Waals surface area contributed by atoms with Gasteiger partial charge in [-0.15, -0.1) is 0 Å². The van der Waals surface area contributed by atoms with Crippen LogP contribution < -0.4 is 10.5 Å². The average molecular weight is 358 g/mol.